The maximum Gasteiger partial charge on any atom is 0.0640 e. The zero-order valence-electron chi connectivity index (χ0n) is 31.3. The lowest BCUT2D eigenvalue weighted by molar-refractivity contribution is 1.18. The van der Waals surface area contributed by atoms with Crippen LogP contribution in [0.1, 0.15) is 0 Å². The third-order valence-electron chi connectivity index (χ3n) is 11.6. The van der Waals surface area contributed by atoms with Crippen molar-refractivity contribution in [2.75, 3.05) is 4.90 Å². The average molecular weight is 775 g/mol. The highest BCUT2D eigenvalue weighted by Gasteiger charge is 2.20. The summed E-state index contributed by atoms with van der Waals surface area (Å²) < 4.78 is 7.63. The number of para-hydroxylation sites is 2. The summed E-state index contributed by atoms with van der Waals surface area (Å²) in [7, 11) is 0. The summed E-state index contributed by atoms with van der Waals surface area (Å²) in [5, 5.41) is 7.74. The molecule has 12 rings (SSSR count). The SMILES string of the molecule is c1ccc(-n2c3ccccc3c3ccc(-c4cccc(N(c5ccc(-c6cccc7c6sc6ccccc67)cc5)c5cccc6c5sc5ccccc56)c4)cc32)cc1. The summed E-state index contributed by atoms with van der Waals surface area (Å²) in [6, 6.07) is 75.6. The quantitative estimate of drug-likeness (QED) is 0.163. The number of benzene rings is 9. The van der Waals surface area contributed by atoms with Crippen molar-refractivity contribution in [3.8, 4) is 27.9 Å². The molecule has 0 aliphatic rings. The summed E-state index contributed by atoms with van der Waals surface area (Å²) in [5.74, 6) is 0. The van der Waals surface area contributed by atoms with Crippen LogP contribution in [0, 0.1) is 0 Å². The molecule has 0 unspecified atom stereocenters. The molecule has 0 aliphatic carbocycles. The van der Waals surface area contributed by atoms with E-state index in [0.29, 0.717) is 0 Å². The fraction of sp³-hybridized carbons (Fsp3) is 0. The number of rotatable bonds is 6. The first-order chi connectivity index (χ1) is 28.8. The summed E-state index contributed by atoms with van der Waals surface area (Å²) >= 11 is 3.75. The lowest BCUT2D eigenvalue weighted by atomic mass is 10.0. The molecular formula is C54H34N2S2. The molecule has 2 nitrogen and oxygen atoms in total. The molecule has 4 heteroatoms. The summed E-state index contributed by atoms with van der Waals surface area (Å²) in [5.41, 5.74) is 11.8. The van der Waals surface area contributed by atoms with Gasteiger partial charge < -0.3 is 9.47 Å². The van der Waals surface area contributed by atoms with E-state index in [0.717, 1.165) is 17.1 Å². The number of fused-ring (bicyclic) bond motifs is 9. The lowest BCUT2D eigenvalue weighted by Crippen LogP contribution is -2.10. The van der Waals surface area contributed by atoms with Crippen molar-refractivity contribution in [1.82, 2.24) is 4.57 Å². The topological polar surface area (TPSA) is 8.17 Å². The van der Waals surface area contributed by atoms with Gasteiger partial charge in [-0.25, -0.2) is 0 Å². The molecule has 0 saturated carbocycles. The predicted molar refractivity (Wildman–Crippen MR) is 252 cm³/mol. The van der Waals surface area contributed by atoms with Crippen LogP contribution in [-0.2, 0) is 0 Å². The molecule has 272 valence electrons. The number of thiophene rings is 2. The highest BCUT2D eigenvalue weighted by molar-refractivity contribution is 7.26. The van der Waals surface area contributed by atoms with Gasteiger partial charge in [0, 0.05) is 63.5 Å². The van der Waals surface area contributed by atoms with Crippen LogP contribution >= 0.6 is 22.7 Å². The van der Waals surface area contributed by atoms with Gasteiger partial charge in [0.05, 0.1) is 21.4 Å². The second-order valence-corrected chi connectivity index (χ2v) is 17.0. The Labute approximate surface area is 343 Å². The van der Waals surface area contributed by atoms with Crippen LogP contribution in [-0.4, -0.2) is 4.57 Å². The van der Waals surface area contributed by atoms with Gasteiger partial charge in [0.25, 0.3) is 0 Å². The van der Waals surface area contributed by atoms with E-state index < -0.39 is 0 Å². The van der Waals surface area contributed by atoms with Crippen LogP contribution in [0.3, 0.4) is 0 Å². The molecule has 0 aliphatic heterocycles. The minimum Gasteiger partial charge on any atom is -0.309 e. The highest BCUT2D eigenvalue weighted by atomic mass is 32.1. The van der Waals surface area contributed by atoms with Crippen LogP contribution in [0.4, 0.5) is 17.1 Å². The van der Waals surface area contributed by atoms with Gasteiger partial charge >= 0.3 is 0 Å². The summed E-state index contributed by atoms with van der Waals surface area (Å²) in [6.45, 7) is 0. The van der Waals surface area contributed by atoms with Gasteiger partial charge in [-0.1, -0.05) is 140 Å². The lowest BCUT2D eigenvalue weighted by Gasteiger charge is -2.27. The molecule has 0 fully saturated rings. The number of hydrogen-bond acceptors (Lipinski definition) is 3. The van der Waals surface area contributed by atoms with Crippen molar-refractivity contribution >= 4 is 102 Å². The highest BCUT2D eigenvalue weighted by Crippen LogP contribution is 2.47. The standard InChI is InChI=1S/C54H34N2S2/c1-2-14-38(15-3-1)56-48-23-7-4-17-42(48)43-32-29-37(34-50(43)56)36-13-10-16-40(33-36)55(49-24-12-22-47-45-19-6-9-26-52(45)58-54(47)49)39-30-27-35(28-31-39)41-20-11-21-46-44-18-5-8-25-51(44)57-53(41)46/h1-34H. The molecular weight excluding hydrogens is 741 g/mol. The minimum atomic E-state index is 1.12. The fourth-order valence-electron chi connectivity index (χ4n) is 8.93. The molecule has 0 amide bonds. The van der Waals surface area contributed by atoms with Crippen LogP contribution < -0.4 is 4.90 Å². The predicted octanol–water partition coefficient (Wildman–Crippen LogP) is 16.3. The number of anilines is 3. The van der Waals surface area contributed by atoms with Crippen molar-refractivity contribution < 1.29 is 0 Å². The minimum absolute atomic E-state index is 1.12. The van der Waals surface area contributed by atoms with Crippen molar-refractivity contribution in [1.29, 1.82) is 0 Å². The van der Waals surface area contributed by atoms with Crippen molar-refractivity contribution in [3.05, 3.63) is 206 Å². The Kier molecular flexibility index (Phi) is 7.62. The largest absolute Gasteiger partial charge is 0.309 e. The second-order valence-electron chi connectivity index (χ2n) is 14.9. The zero-order valence-corrected chi connectivity index (χ0v) is 33.0. The molecule has 9 aromatic carbocycles. The van der Waals surface area contributed by atoms with Gasteiger partial charge in [0.2, 0.25) is 0 Å². The maximum absolute atomic E-state index is 2.45. The van der Waals surface area contributed by atoms with E-state index in [-0.39, 0.29) is 0 Å². The Morgan fingerprint density at radius 1 is 0.345 bits per heavy atom. The number of nitrogens with zero attached hydrogens (tertiary/aromatic N) is 2. The van der Waals surface area contributed by atoms with Gasteiger partial charge in [0.1, 0.15) is 0 Å². The van der Waals surface area contributed by atoms with Crippen molar-refractivity contribution in [2.45, 2.75) is 0 Å². The van der Waals surface area contributed by atoms with Crippen molar-refractivity contribution in [2.24, 2.45) is 0 Å². The van der Waals surface area contributed by atoms with E-state index in [1.165, 1.54) is 90.1 Å². The number of aromatic nitrogens is 1. The molecule has 0 saturated heterocycles. The molecule has 0 N–H and O–H groups in total. The molecule has 0 spiro atoms. The van der Waals surface area contributed by atoms with Crippen LogP contribution in [0.5, 0.6) is 0 Å². The maximum atomic E-state index is 2.45. The Bertz CT molecular complexity index is 3520. The molecule has 0 atom stereocenters. The van der Waals surface area contributed by atoms with Gasteiger partial charge in [-0.3, -0.25) is 0 Å². The first-order valence-corrected chi connectivity index (χ1v) is 21.3. The van der Waals surface area contributed by atoms with E-state index in [1.807, 2.05) is 22.7 Å². The van der Waals surface area contributed by atoms with Crippen LogP contribution in [0.25, 0.3) is 90.1 Å². The fourth-order valence-corrected chi connectivity index (χ4v) is 11.4. The van der Waals surface area contributed by atoms with Crippen molar-refractivity contribution in [3.63, 3.8) is 0 Å². The van der Waals surface area contributed by atoms with E-state index in [9.17, 15) is 0 Å². The molecule has 3 aromatic heterocycles. The van der Waals surface area contributed by atoms with Gasteiger partial charge in [-0.05, 0) is 89.0 Å². The Balaban J connectivity index is 1.03. The van der Waals surface area contributed by atoms with Crippen LogP contribution in [0.2, 0.25) is 0 Å². The second kappa shape index (κ2) is 13.3. The van der Waals surface area contributed by atoms with Gasteiger partial charge in [-0.15, -0.1) is 22.7 Å². The number of hydrogen-bond donors (Lipinski definition) is 0. The van der Waals surface area contributed by atoms with E-state index in [4.69, 9.17) is 0 Å². The monoisotopic (exact) mass is 774 g/mol. The molecule has 12 aromatic rings. The third kappa shape index (κ3) is 5.23. The smallest absolute Gasteiger partial charge is 0.0640 e. The first kappa shape index (κ1) is 33.2. The van der Waals surface area contributed by atoms with Crippen LogP contribution in [0.15, 0.2) is 206 Å². The first-order valence-electron chi connectivity index (χ1n) is 19.7. The summed E-state index contributed by atoms with van der Waals surface area (Å²) in [6.07, 6.45) is 0. The zero-order chi connectivity index (χ0) is 38.2. The Morgan fingerprint density at radius 3 is 1.72 bits per heavy atom. The third-order valence-corrected chi connectivity index (χ3v) is 14.0. The van der Waals surface area contributed by atoms with E-state index >= 15 is 0 Å². The summed E-state index contributed by atoms with van der Waals surface area (Å²) in [4.78, 5) is 2.45. The van der Waals surface area contributed by atoms with Gasteiger partial charge in [-0.2, -0.15) is 0 Å². The normalized spacial score (nSPS) is 11.8. The molecule has 0 radical (unpaired) electrons. The van der Waals surface area contributed by atoms with E-state index in [1.54, 1.807) is 0 Å². The Morgan fingerprint density at radius 2 is 0.931 bits per heavy atom. The molecule has 3 heterocycles. The molecule has 0 bridgehead atoms. The van der Waals surface area contributed by atoms with E-state index in [2.05, 4.69) is 216 Å². The molecule has 58 heavy (non-hydrogen) atoms. The van der Waals surface area contributed by atoms with Gasteiger partial charge in [0.15, 0.2) is 0 Å². The average Bonchev–Trinajstić information content (AvgIpc) is 3.97. The Hall–Kier alpha value is -6.98.